The molecule has 0 aromatic rings. The molecule has 0 saturated carbocycles. The summed E-state index contributed by atoms with van der Waals surface area (Å²) < 4.78 is 3.11. The smallest absolute Gasteiger partial charge is 0.281 e. The predicted octanol–water partition coefficient (Wildman–Crippen LogP) is 1.96. The van der Waals surface area contributed by atoms with Gasteiger partial charge in [0.2, 0.25) is 0 Å². The van der Waals surface area contributed by atoms with Gasteiger partial charge in [0.15, 0.2) is 0 Å². The van der Waals surface area contributed by atoms with Crippen LogP contribution in [0.15, 0.2) is 45.4 Å². The van der Waals surface area contributed by atoms with Crippen molar-refractivity contribution in [2.24, 2.45) is 0 Å². The Bertz CT molecular complexity index is 271. The molecule has 0 unspecified atom stereocenters. The van der Waals surface area contributed by atoms with Crippen LogP contribution in [0.5, 0.6) is 0 Å². The van der Waals surface area contributed by atoms with E-state index in [1.807, 2.05) is 0 Å². The molecule has 78 valence electrons. The Hall–Kier alpha value is -1.18. The molecule has 0 atom stereocenters. The topological polar surface area (TPSA) is 34.1 Å². The van der Waals surface area contributed by atoms with E-state index in [9.17, 15) is 0 Å². The van der Waals surface area contributed by atoms with Gasteiger partial charge in [0.1, 0.15) is 0 Å². The molecule has 2 aliphatic carbocycles. The molecule has 0 spiro atoms. The average Bonchev–Trinajstić information content (AvgIpc) is 2.98. The Labute approximate surface area is 96.6 Å². The summed E-state index contributed by atoms with van der Waals surface area (Å²) in [4.78, 5) is 15.0. The number of carbonyl (C=O) groups excluding carboxylic acids is 2. The van der Waals surface area contributed by atoms with Gasteiger partial charge in [0.25, 0.3) is 13.6 Å². The van der Waals surface area contributed by atoms with Crippen LogP contribution in [0.1, 0.15) is 12.8 Å². The van der Waals surface area contributed by atoms with E-state index in [1.165, 1.54) is 15.0 Å². The maximum absolute atomic E-state index is 7.50. The Morgan fingerprint density at radius 3 is 1.53 bits per heavy atom. The van der Waals surface area contributed by atoms with Gasteiger partial charge >= 0.3 is 73.2 Å². The molecule has 4 radical (unpaired) electrons. The van der Waals surface area contributed by atoms with Gasteiger partial charge in [-0.1, -0.05) is 0 Å². The van der Waals surface area contributed by atoms with Crippen molar-refractivity contribution in [3.8, 4) is 0 Å². The molecule has 2 aliphatic rings. The third kappa shape index (κ3) is 5.30. The minimum absolute atomic E-state index is 1.16. The van der Waals surface area contributed by atoms with Crippen LogP contribution in [0, 0.1) is 0 Å². The summed E-state index contributed by atoms with van der Waals surface area (Å²) in [5.74, 6) is 0. The Morgan fingerprint density at radius 2 is 1.27 bits per heavy atom. The molecule has 0 fully saturated rings. The molecule has 0 aromatic heterocycles. The zero-order valence-electron chi connectivity index (χ0n) is 8.05. The van der Waals surface area contributed by atoms with Crippen molar-refractivity contribution < 1.29 is 24.5 Å². The van der Waals surface area contributed by atoms with E-state index in [0.29, 0.717) is 0 Å². The van der Waals surface area contributed by atoms with Gasteiger partial charge < -0.3 is 0 Å². The second-order valence-electron chi connectivity index (χ2n) is 2.55. The van der Waals surface area contributed by atoms with Crippen LogP contribution in [0.4, 0.5) is 0 Å². The van der Waals surface area contributed by atoms with Crippen LogP contribution in [0.3, 0.4) is 0 Å². The van der Waals surface area contributed by atoms with Gasteiger partial charge in [-0.2, -0.15) is 0 Å². The van der Waals surface area contributed by atoms with E-state index in [0.717, 1.165) is 12.8 Å². The fourth-order valence-corrected chi connectivity index (χ4v) is 2.45. The van der Waals surface area contributed by atoms with Crippen molar-refractivity contribution in [3.05, 3.63) is 45.4 Å². The normalized spacial score (nSPS) is 16.0. The van der Waals surface area contributed by atoms with Crippen molar-refractivity contribution in [2.75, 3.05) is 0 Å². The molecule has 0 saturated heterocycles. The van der Waals surface area contributed by atoms with Crippen LogP contribution in [0.25, 0.3) is 0 Å². The molecule has 2 rings (SSSR count). The summed E-state index contributed by atoms with van der Waals surface area (Å²) in [5.41, 5.74) is 0. The minimum atomic E-state index is 1.16. The van der Waals surface area contributed by atoms with Crippen LogP contribution in [0.2, 0.25) is 0 Å². The summed E-state index contributed by atoms with van der Waals surface area (Å²) in [6.45, 7) is 9.00. The van der Waals surface area contributed by atoms with Crippen LogP contribution >= 0.6 is 0 Å². The Morgan fingerprint density at radius 1 is 0.867 bits per heavy atom. The summed E-state index contributed by atoms with van der Waals surface area (Å²) in [7, 11) is 0. The molecular formula is C12H10FeO2. The molecular weight excluding hydrogens is 232 g/mol. The van der Waals surface area contributed by atoms with Crippen molar-refractivity contribution in [2.45, 2.75) is 12.8 Å². The third-order valence-corrected chi connectivity index (χ3v) is 3.19. The van der Waals surface area contributed by atoms with Gasteiger partial charge in [-0.15, -0.1) is 0 Å². The van der Waals surface area contributed by atoms with E-state index in [4.69, 9.17) is 9.59 Å². The number of allylic oxidation sites excluding steroid dienone is 8. The number of hydrogen-bond donors (Lipinski definition) is 0. The Kier molecular flexibility index (Phi) is 8.64. The van der Waals surface area contributed by atoms with E-state index in [2.05, 4.69) is 50.0 Å². The first-order valence-electron chi connectivity index (χ1n) is 4.20. The van der Waals surface area contributed by atoms with E-state index in [-0.39, 0.29) is 0 Å². The molecule has 0 aliphatic heterocycles. The average molecular weight is 242 g/mol. The molecule has 15 heavy (non-hydrogen) atoms. The largest absolute Gasteiger partial charge is 0.281 e. The maximum Gasteiger partial charge on any atom is 0.281 e. The van der Waals surface area contributed by atoms with Crippen LogP contribution in [-0.2, 0) is 24.5 Å². The second kappa shape index (κ2) is 9.38. The summed E-state index contributed by atoms with van der Waals surface area (Å²) in [6, 6.07) is 0. The van der Waals surface area contributed by atoms with Crippen molar-refractivity contribution >= 4 is 13.6 Å². The summed E-state index contributed by atoms with van der Waals surface area (Å²) in [6.07, 6.45) is 15.5. The molecule has 2 nitrogen and oxygen atoms in total. The molecule has 0 aromatic carbocycles. The van der Waals surface area contributed by atoms with Crippen molar-refractivity contribution in [1.82, 2.24) is 0 Å². The second-order valence-corrected chi connectivity index (χ2v) is 4.24. The fourth-order valence-electron chi connectivity index (χ4n) is 1.11. The SMILES string of the molecule is C1=CC[C]([Fe][C]2=CC=CC2)=C1.[C]=O.[C]=O. The van der Waals surface area contributed by atoms with Gasteiger partial charge in [0.05, 0.1) is 0 Å². The zero-order chi connectivity index (χ0) is 11.5. The molecule has 3 heteroatoms. The molecule has 0 amide bonds. The van der Waals surface area contributed by atoms with Gasteiger partial charge in [-0.25, -0.2) is 0 Å². The van der Waals surface area contributed by atoms with Crippen LogP contribution < -0.4 is 0 Å². The summed E-state index contributed by atoms with van der Waals surface area (Å²) >= 11 is 1.18. The van der Waals surface area contributed by atoms with E-state index in [1.54, 1.807) is 8.94 Å². The standard InChI is InChI=1S/2C5H5.2CO.Fe/c2*1-2-4-5-3-1;2*1-2;/h2*1-3H,4H2;;;. The first-order chi connectivity index (χ1) is 7.45. The van der Waals surface area contributed by atoms with E-state index < -0.39 is 0 Å². The first-order valence-corrected chi connectivity index (χ1v) is 5.30. The number of hydrogen-bond acceptors (Lipinski definition) is 2. The quantitative estimate of drug-likeness (QED) is 0.693. The zero-order valence-corrected chi connectivity index (χ0v) is 9.15. The number of rotatable bonds is 2. The van der Waals surface area contributed by atoms with Crippen LogP contribution in [-0.4, -0.2) is 13.6 Å². The maximum atomic E-state index is 7.50. The minimum Gasteiger partial charge on any atom is -0.281 e. The predicted molar refractivity (Wildman–Crippen MR) is 55.1 cm³/mol. The van der Waals surface area contributed by atoms with Gasteiger partial charge in [-0.3, -0.25) is 9.59 Å². The fraction of sp³-hybridized carbons (Fsp3) is 0.167. The monoisotopic (exact) mass is 242 g/mol. The van der Waals surface area contributed by atoms with Crippen molar-refractivity contribution in [1.29, 1.82) is 0 Å². The first kappa shape index (κ1) is 13.8. The van der Waals surface area contributed by atoms with Gasteiger partial charge in [-0.05, 0) is 0 Å². The molecule has 0 N–H and O–H groups in total. The Balaban J connectivity index is 0.000000442. The van der Waals surface area contributed by atoms with Crippen molar-refractivity contribution in [3.63, 3.8) is 0 Å². The summed E-state index contributed by atoms with van der Waals surface area (Å²) in [5, 5.41) is 0. The van der Waals surface area contributed by atoms with E-state index >= 15 is 0 Å². The molecule has 0 heterocycles. The van der Waals surface area contributed by atoms with Gasteiger partial charge in [0, 0.05) is 0 Å². The molecule has 0 bridgehead atoms. The third-order valence-electron chi connectivity index (χ3n) is 1.66.